The molecule has 0 aliphatic rings. The van der Waals surface area contributed by atoms with E-state index in [2.05, 4.69) is 39.1 Å². The standard InChI is InChI=1S/C17H15N5O2/c1-3-9-4-5-10-13(6-9)22(2)21-14(10)12-8-19-16-15(20-12)11(7-18-16)17(23)24/h4-8H,3H2,1-2H3,(H,18,19)(H,23,24). The second kappa shape index (κ2) is 5.16. The monoisotopic (exact) mass is 321 g/mol. The van der Waals surface area contributed by atoms with E-state index in [9.17, 15) is 9.90 Å². The fourth-order valence-corrected chi connectivity index (χ4v) is 2.88. The van der Waals surface area contributed by atoms with Crippen molar-refractivity contribution >= 4 is 28.0 Å². The molecule has 0 fully saturated rings. The van der Waals surface area contributed by atoms with Crippen LogP contribution in [0.5, 0.6) is 0 Å². The molecule has 0 unspecified atom stereocenters. The lowest BCUT2D eigenvalue weighted by Crippen LogP contribution is -1.97. The van der Waals surface area contributed by atoms with E-state index in [-0.39, 0.29) is 5.56 Å². The molecule has 7 heteroatoms. The number of nitrogens with zero attached hydrogens (tertiary/aromatic N) is 4. The highest BCUT2D eigenvalue weighted by atomic mass is 16.4. The largest absolute Gasteiger partial charge is 0.478 e. The summed E-state index contributed by atoms with van der Waals surface area (Å²) in [6.45, 7) is 2.11. The van der Waals surface area contributed by atoms with Crippen LogP contribution in [0.2, 0.25) is 0 Å². The third-order valence-electron chi connectivity index (χ3n) is 4.18. The Morgan fingerprint density at radius 1 is 1.38 bits per heavy atom. The summed E-state index contributed by atoms with van der Waals surface area (Å²) < 4.78 is 1.81. The molecule has 120 valence electrons. The maximum Gasteiger partial charge on any atom is 0.339 e. The minimum atomic E-state index is -1.04. The fraction of sp³-hybridized carbons (Fsp3) is 0.176. The van der Waals surface area contributed by atoms with Crippen LogP contribution >= 0.6 is 0 Å². The number of aromatic carboxylic acids is 1. The van der Waals surface area contributed by atoms with E-state index < -0.39 is 5.97 Å². The number of aryl methyl sites for hydroxylation is 2. The molecular weight excluding hydrogens is 306 g/mol. The quantitative estimate of drug-likeness (QED) is 0.605. The van der Waals surface area contributed by atoms with Crippen LogP contribution in [0.1, 0.15) is 22.8 Å². The number of carbonyl (C=O) groups is 1. The summed E-state index contributed by atoms with van der Waals surface area (Å²) in [5, 5.41) is 14.8. The molecule has 3 heterocycles. The summed E-state index contributed by atoms with van der Waals surface area (Å²) in [6.07, 6.45) is 3.97. The molecule has 3 aromatic heterocycles. The Morgan fingerprint density at radius 3 is 2.96 bits per heavy atom. The van der Waals surface area contributed by atoms with E-state index >= 15 is 0 Å². The smallest absolute Gasteiger partial charge is 0.339 e. The highest BCUT2D eigenvalue weighted by Gasteiger charge is 2.17. The molecule has 0 radical (unpaired) electrons. The van der Waals surface area contributed by atoms with Crippen LogP contribution in [0.3, 0.4) is 0 Å². The molecule has 4 rings (SSSR count). The van der Waals surface area contributed by atoms with Gasteiger partial charge in [-0.1, -0.05) is 19.1 Å². The van der Waals surface area contributed by atoms with Crippen LogP contribution in [0.25, 0.3) is 33.5 Å². The van der Waals surface area contributed by atoms with Crippen LogP contribution in [0, 0.1) is 0 Å². The Kier molecular flexibility index (Phi) is 3.09. The van der Waals surface area contributed by atoms with E-state index in [0.29, 0.717) is 22.6 Å². The summed E-state index contributed by atoms with van der Waals surface area (Å²) in [5.41, 5.74) is 4.39. The summed E-state index contributed by atoms with van der Waals surface area (Å²) in [7, 11) is 1.89. The predicted octanol–water partition coefficient (Wildman–Crippen LogP) is 2.77. The van der Waals surface area contributed by atoms with Gasteiger partial charge in [0, 0.05) is 18.6 Å². The van der Waals surface area contributed by atoms with Crippen LogP contribution in [0.15, 0.2) is 30.6 Å². The molecule has 2 N–H and O–H groups in total. The first-order chi connectivity index (χ1) is 11.6. The number of carboxylic acid groups (broad SMARTS) is 1. The lowest BCUT2D eigenvalue weighted by atomic mass is 10.1. The van der Waals surface area contributed by atoms with Crippen LogP contribution in [-0.2, 0) is 13.5 Å². The Labute approximate surface area is 137 Å². The molecule has 4 aromatic rings. The molecule has 7 nitrogen and oxygen atoms in total. The fourth-order valence-electron chi connectivity index (χ4n) is 2.88. The Morgan fingerprint density at radius 2 is 2.21 bits per heavy atom. The zero-order valence-corrected chi connectivity index (χ0v) is 13.2. The van der Waals surface area contributed by atoms with Gasteiger partial charge in [-0.3, -0.25) is 4.68 Å². The Balaban J connectivity index is 1.95. The number of H-pyrrole nitrogens is 1. The van der Waals surface area contributed by atoms with Gasteiger partial charge in [0.1, 0.15) is 22.5 Å². The first-order valence-corrected chi connectivity index (χ1v) is 7.62. The number of benzene rings is 1. The van der Waals surface area contributed by atoms with Gasteiger partial charge in [0.05, 0.1) is 11.7 Å². The van der Waals surface area contributed by atoms with E-state index in [1.165, 1.54) is 11.8 Å². The molecule has 24 heavy (non-hydrogen) atoms. The summed E-state index contributed by atoms with van der Waals surface area (Å²) >= 11 is 0. The number of fused-ring (bicyclic) bond motifs is 2. The molecule has 0 saturated heterocycles. The average molecular weight is 321 g/mol. The SMILES string of the molecule is CCc1ccc2c(-c3cnc4[nH]cc(C(=O)O)c4n3)nn(C)c2c1. The first-order valence-electron chi connectivity index (χ1n) is 7.62. The number of carboxylic acids is 1. The van der Waals surface area contributed by atoms with Gasteiger partial charge in [-0.15, -0.1) is 0 Å². The second-order valence-electron chi connectivity index (χ2n) is 5.64. The van der Waals surface area contributed by atoms with Gasteiger partial charge in [-0.2, -0.15) is 5.10 Å². The van der Waals surface area contributed by atoms with Crippen LogP contribution < -0.4 is 0 Å². The molecule has 0 bridgehead atoms. The number of aromatic amines is 1. The van der Waals surface area contributed by atoms with Gasteiger partial charge in [0.25, 0.3) is 0 Å². The van der Waals surface area contributed by atoms with Gasteiger partial charge in [0.2, 0.25) is 0 Å². The number of hydrogen-bond acceptors (Lipinski definition) is 4. The second-order valence-corrected chi connectivity index (χ2v) is 5.64. The number of nitrogens with one attached hydrogen (secondary N) is 1. The van der Waals surface area contributed by atoms with Gasteiger partial charge in [-0.25, -0.2) is 14.8 Å². The molecule has 0 saturated carbocycles. The van der Waals surface area contributed by atoms with Gasteiger partial charge in [0.15, 0.2) is 5.65 Å². The third kappa shape index (κ3) is 2.05. The number of hydrogen-bond donors (Lipinski definition) is 2. The zero-order valence-electron chi connectivity index (χ0n) is 13.2. The average Bonchev–Trinajstić information content (AvgIpc) is 3.15. The van der Waals surface area contributed by atoms with E-state index in [0.717, 1.165) is 17.3 Å². The van der Waals surface area contributed by atoms with Gasteiger partial charge < -0.3 is 10.1 Å². The molecule has 1 aromatic carbocycles. The molecule has 0 amide bonds. The van der Waals surface area contributed by atoms with Crippen molar-refractivity contribution in [1.29, 1.82) is 0 Å². The molecule has 0 atom stereocenters. The maximum absolute atomic E-state index is 11.3. The van der Waals surface area contributed by atoms with Gasteiger partial charge in [-0.05, 0) is 18.1 Å². The Bertz CT molecular complexity index is 1090. The first kappa shape index (κ1) is 14.4. The molecule has 0 aliphatic heterocycles. The normalized spacial score (nSPS) is 11.4. The minimum absolute atomic E-state index is 0.104. The van der Waals surface area contributed by atoms with E-state index in [1.807, 2.05) is 17.8 Å². The van der Waals surface area contributed by atoms with Crippen LogP contribution in [0.4, 0.5) is 0 Å². The summed E-state index contributed by atoms with van der Waals surface area (Å²) in [6, 6.07) is 6.20. The third-order valence-corrected chi connectivity index (χ3v) is 4.18. The molecule has 0 spiro atoms. The van der Waals surface area contributed by atoms with Crippen molar-refractivity contribution in [2.24, 2.45) is 7.05 Å². The van der Waals surface area contributed by atoms with Crippen molar-refractivity contribution in [2.45, 2.75) is 13.3 Å². The lowest BCUT2D eigenvalue weighted by Gasteiger charge is -2.00. The maximum atomic E-state index is 11.3. The van der Waals surface area contributed by atoms with Crippen molar-refractivity contribution in [3.63, 3.8) is 0 Å². The highest BCUT2D eigenvalue weighted by molar-refractivity contribution is 6.01. The van der Waals surface area contributed by atoms with Crippen LogP contribution in [-0.4, -0.2) is 35.8 Å². The molecular formula is C17H15N5O2. The lowest BCUT2D eigenvalue weighted by molar-refractivity contribution is 0.0699. The minimum Gasteiger partial charge on any atom is -0.478 e. The number of aromatic nitrogens is 5. The van der Waals surface area contributed by atoms with Crippen molar-refractivity contribution in [1.82, 2.24) is 24.7 Å². The van der Waals surface area contributed by atoms with Crippen molar-refractivity contribution in [3.05, 3.63) is 41.7 Å². The predicted molar refractivity (Wildman–Crippen MR) is 89.9 cm³/mol. The Hall–Kier alpha value is -3.22. The van der Waals surface area contributed by atoms with E-state index in [1.54, 1.807) is 6.20 Å². The molecule has 0 aliphatic carbocycles. The highest BCUT2D eigenvalue weighted by Crippen LogP contribution is 2.28. The summed E-state index contributed by atoms with van der Waals surface area (Å²) in [5.74, 6) is -1.04. The zero-order chi connectivity index (χ0) is 16.8. The topological polar surface area (TPSA) is 96.7 Å². The summed E-state index contributed by atoms with van der Waals surface area (Å²) in [4.78, 5) is 22.9. The number of rotatable bonds is 3. The van der Waals surface area contributed by atoms with E-state index in [4.69, 9.17) is 0 Å². The van der Waals surface area contributed by atoms with Crippen molar-refractivity contribution in [2.75, 3.05) is 0 Å². The van der Waals surface area contributed by atoms with Gasteiger partial charge >= 0.3 is 5.97 Å². The van der Waals surface area contributed by atoms with Crippen molar-refractivity contribution < 1.29 is 9.90 Å². The van der Waals surface area contributed by atoms with Crippen molar-refractivity contribution in [3.8, 4) is 11.4 Å².